The summed E-state index contributed by atoms with van der Waals surface area (Å²) in [6.07, 6.45) is 3.37. The first-order valence-electron chi connectivity index (χ1n) is 6.26. The lowest BCUT2D eigenvalue weighted by molar-refractivity contribution is -0.138. The highest BCUT2D eigenvalue weighted by Crippen LogP contribution is 2.16. The van der Waals surface area contributed by atoms with Crippen molar-refractivity contribution in [3.8, 4) is 0 Å². The van der Waals surface area contributed by atoms with E-state index in [-0.39, 0.29) is 12.5 Å². The van der Waals surface area contributed by atoms with Crippen LogP contribution >= 0.6 is 0 Å². The molecule has 1 aliphatic heterocycles. The second kappa shape index (κ2) is 8.44. The minimum Gasteiger partial charge on any atom is -0.481 e. The van der Waals surface area contributed by atoms with Crippen molar-refractivity contribution in [2.24, 2.45) is 0 Å². The van der Waals surface area contributed by atoms with E-state index in [9.17, 15) is 4.79 Å². The summed E-state index contributed by atoms with van der Waals surface area (Å²) in [5, 5.41) is 8.90. The number of carboxylic acid groups (broad SMARTS) is 1. The highest BCUT2D eigenvalue weighted by molar-refractivity contribution is 5.67. The maximum absolute atomic E-state index is 10.8. The van der Waals surface area contributed by atoms with Gasteiger partial charge in [0, 0.05) is 19.8 Å². The molecule has 0 aliphatic carbocycles. The maximum atomic E-state index is 10.8. The average molecular weight is 245 g/mol. The van der Waals surface area contributed by atoms with Crippen molar-refractivity contribution in [1.82, 2.24) is 4.90 Å². The summed E-state index contributed by atoms with van der Waals surface area (Å²) in [5.74, 6) is -0.723. The van der Waals surface area contributed by atoms with Crippen LogP contribution in [0.15, 0.2) is 0 Å². The third-order valence-electron chi connectivity index (χ3n) is 3.09. The molecule has 5 heteroatoms. The number of methoxy groups -OCH3 is 1. The van der Waals surface area contributed by atoms with Crippen LogP contribution in [0.1, 0.15) is 25.7 Å². The predicted octanol–water partition coefficient (Wildman–Crippen LogP) is 0.979. The molecule has 1 N–H and O–H groups in total. The molecule has 1 heterocycles. The Bertz CT molecular complexity index is 217. The zero-order valence-corrected chi connectivity index (χ0v) is 10.6. The average Bonchev–Trinajstić information content (AvgIpc) is 2.80. The molecule has 0 saturated carbocycles. The first kappa shape index (κ1) is 14.4. The molecule has 0 bridgehead atoms. The molecule has 0 radical (unpaired) electrons. The van der Waals surface area contributed by atoms with Crippen LogP contribution in [0.2, 0.25) is 0 Å². The van der Waals surface area contributed by atoms with E-state index < -0.39 is 5.97 Å². The summed E-state index contributed by atoms with van der Waals surface area (Å²) >= 11 is 0. The summed E-state index contributed by atoms with van der Waals surface area (Å²) < 4.78 is 10.3. The van der Waals surface area contributed by atoms with Gasteiger partial charge in [-0.25, -0.2) is 0 Å². The Kier molecular flexibility index (Phi) is 7.16. The Balaban J connectivity index is 2.22. The number of ether oxygens (including phenoxy) is 2. The van der Waals surface area contributed by atoms with Gasteiger partial charge in [0.2, 0.25) is 0 Å². The number of hydrogen-bond acceptors (Lipinski definition) is 4. The topological polar surface area (TPSA) is 59.0 Å². The molecular weight excluding hydrogens is 222 g/mol. The van der Waals surface area contributed by atoms with Gasteiger partial charge in [0.05, 0.1) is 19.6 Å². The van der Waals surface area contributed by atoms with Crippen LogP contribution in [0.25, 0.3) is 0 Å². The largest absolute Gasteiger partial charge is 0.481 e. The normalized spacial score (nSPS) is 18.4. The van der Waals surface area contributed by atoms with Gasteiger partial charge >= 0.3 is 5.97 Å². The van der Waals surface area contributed by atoms with Gasteiger partial charge in [0.15, 0.2) is 0 Å². The van der Waals surface area contributed by atoms with Crippen molar-refractivity contribution < 1.29 is 19.4 Å². The van der Waals surface area contributed by atoms with E-state index in [2.05, 4.69) is 4.90 Å². The van der Waals surface area contributed by atoms with Crippen molar-refractivity contribution in [2.45, 2.75) is 31.7 Å². The number of likely N-dealkylation sites (tertiary alicyclic amines) is 1. The molecule has 0 aromatic rings. The van der Waals surface area contributed by atoms with E-state index in [1.54, 1.807) is 7.11 Å². The third-order valence-corrected chi connectivity index (χ3v) is 3.09. The molecule has 0 amide bonds. The predicted molar refractivity (Wildman–Crippen MR) is 64.2 cm³/mol. The lowest BCUT2D eigenvalue weighted by Crippen LogP contribution is -2.35. The number of carboxylic acids is 1. The number of rotatable bonds is 9. The summed E-state index contributed by atoms with van der Waals surface area (Å²) in [5.41, 5.74) is 0. The smallest absolute Gasteiger partial charge is 0.304 e. The number of aliphatic carboxylic acids is 1. The molecule has 5 nitrogen and oxygen atoms in total. The molecule has 1 rings (SSSR count). The molecule has 17 heavy (non-hydrogen) atoms. The van der Waals surface area contributed by atoms with Crippen LogP contribution in [0.4, 0.5) is 0 Å². The van der Waals surface area contributed by atoms with E-state index in [1.165, 1.54) is 12.8 Å². The SMILES string of the molecule is COCCOCCC(CC(=O)O)N1CCCC1. The molecule has 0 aromatic carbocycles. The molecule has 1 unspecified atom stereocenters. The van der Waals surface area contributed by atoms with Crippen LogP contribution in [0, 0.1) is 0 Å². The highest BCUT2D eigenvalue weighted by atomic mass is 16.5. The summed E-state index contributed by atoms with van der Waals surface area (Å²) in [4.78, 5) is 13.1. The first-order valence-corrected chi connectivity index (χ1v) is 6.26. The second-order valence-electron chi connectivity index (χ2n) is 4.39. The first-order chi connectivity index (χ1) is 8.24. The number of carbonyl (C=O) groups is 1. The zero-order chi connectivity index (χ0) is 12.5. The lowest BCUT2D eigenvalue weighted by atomic mass is 10.1. The van der Waals surface area contributed by atoms with E-state index in [1.807, 2.05) is 0 Å². The maximum Gasteiger partial charge on any atom is 0.304 e. The number of hydrogen-bond donors (Lipinski definition) is 1. The fraction of sp³-hybridized carbons (Fsp3) is 0.917. The van der Waals surface area contributed by atoms with Gasteiger partial charge < -0.3 is 14.6 Å². The van der Waals surface area contributed by atoms with E-state index >= 15 is 0 Å². The van der Waals surface area contributed by atoms with Crippen molar-refractivity contribution in [1.29, 1.82) is 0 Å². The number of nitrogens with zero attached hydrogens (tertiary/aromatic N) is 1. The molecule has 100 valence electrons. The Morgan fingerprint density at radius 3 is 2.59 bits per heavy atom. The monoisotopic (exact) mass is 245 g/mol. The van der Waals surface area contributed by atoms with Crippen LogP contribution in [0.5, 0.6) is 0 Å². The molecule has 0 aromatic heterocycles. The van der Waals surface area contributed by atoms with Crippen molar-refractivity contribution in [2.75, 3.05) is 40.0 Å². The lowest BCUT2D eigenvalue weighted by Gasteiger charge is -2.26. The van der Waals surface area contributed by atoms with Crippen LogP contribution in [0.3, 0.4) is 0 Å². The summed E-state index contributed by atoms with van der Waals surface area (Å²) in [6, 6.07) is 0.123. The van der Waals surface area contributed by atoms with Crippen LogP contribution in [-0.4, -0.2) is 62.0 Å². The van der Waals surface area contributed by atoms with Crippen molar-refractivity contribution >= 4 is 5.97 Å². The van der Waals surface area contributed by atoms with Gasteiger partial charge in [-0.05, 0) is 32.4 Å². The van der Waals surface area contributed by atoms with Gasteiger partial charge in [-0.15, -0.1) is 0 Å². The Morgan fingerprint density at radius 2 is 2.00 bits per heavy atom. The molecular formula is C12H23NO4. The van der Waals surface area contributed by atoms with E-state index in [0.717, 1.165) is 19.5 Å². The Hall–Kier alpha value is -0.650. The molecule has 1 atom stereocenters. The third kappa shape index (κ3) is 6.00. The van der Waals surface area contributed by atoms with Gasteiger partial charge in [-0.1, -0.05) is 0 Å². The van der Waals surface area contributed by atoms with Crippen molar-refractivity contribution in [3.05, 3.63) is 0 Å². The summed E-state index contributed by atoms with van der Waals surface area (Å²) in [7, 11) is 1.64. The van der Waals surface area contributed by atoms with Gasteiger partial charge in [0.25, 0.3) is 0 Å². The summed E-state index contributed by atoms with van der Waals surface area (Å²) in [6.45, 7) is 3.83. The van der Waals surface area contributed by atoms with Gasteiger partial charge in [-0.2, -0.15) is 0 Å². The van der Waals surface area contributed by atoms with Crippen molar-refractivity contribution in [3.63, 3.8) is 0 Å². The van der Waals surface area contributed by atoms with Crippen LogP contribution < -0.4 is 0 Å². The standard InChI is InChI=1S/C12H23NO4/c1-16-8-9-17-7-4-11(10-12(14)15)13-5-2-3-6-13/h11H,2-10H2,1H3,(H,14,15). The van der Waals surface area contributed by atoms with E-state index in [0.29, 0.717) is 19.8 Å². The minimum absolute atomic E-state index is 0.123. The Morgan fingerprint density at radius 1 is 1.29 bits per heavy atom. The quantitative estimate of drug-likeness (QED) is 0.614. The van der Waals surface area contributed by atoms with E-state index in [4.69, 9.17) is 14.6 Å². The second-order valence-corrected chi connectivity index (χ2v) is 4.39. The fourth-order valence-electron chi connectivity index (χ4n) is 2.19. The van der Waals surface area contributed by atoms with Gasteiger partial charge in [0.1, 0.15) is 0 Å². The Labute approximate surface area is 103 Å². The zero-order valence-electron chi connectivity index (χ0n) is 10.6. The molecule has 1 aliphatic rings. The van der Waals surface area contributed by atoms with Gasteiger partial charge in [-0.3, -0.25) is 9.69 Å². The molecule has 0 spiro atoms. The highest BCUT2D eigenvalue weighted by Gasteiger charge is 2.23. The van der Waals surface area contributed by atoms with Crippen LogP contribution in [-0.2, 0) is 14.3 Å². The molecule has 1 saturated heterocycles. The molecule has 1 fully saturated rings. The minimum atomic E-state index is -0.723. The fourth-order valence-corrected chi connectivity index (χ4v) is 2.19.